The molecule has 2 aliphatic heterocycles. The molecule has 0 unspecified atom stereocenters. The average Bonchev–Trinajstić information content (AvgIpc) is 2.86. The van der Waals surface area contributed by atoms with Gasteiger partial charge in [-0.15, -0.1) is 0 Å². The van der Waals surface area contributed by atoms with Crippen molar-refractivity contribution in [1.29, 1.82) is 0 Å². The van der Waals surface area contributed by atoms with Gasteiger partial charge in [-0.3, -0.25) is 10.1 Å². The molecule has 36 heavy (non-hydrogen) atoms. The Labute approximate surface area is 211 Å². The lowest BCUT2D eigenvalue weighted by Gasteiger charge is -2.30. The van der Waals surface area contributed by atoms with Gasteiger partial charge < -0.3 is 14.2 Å². The predicted octanol–water partition coefficient (Wildman–Crippen LogP) is 7.24. The molecule has 0 N–H and O–H groups in total. The number of nitro groups is 1. The fourth-order valence-corrected chi connectivity index (χ4v) is 4.62. The highest BCUT2D eigenvalue weighted by atomic mass is 16.6. The quantitative estimate of drug-likeness (QED) is 0.262. The number of hydrogen-bond donors (Lipinski definition) is 0. The van der Waals surface area contributed by atoms with Crippen LogP contribution in [0.4, 0.5) is 5.69 Å². The van der Waals surface area contributed by atoms with Gasteiger partial charge in [0.2, 0.25) is 0 Å². The Balaban J connectivity index is 1.49. The zero-order valence-electron chi connectivity index (χ0n) is 20.7. The topological polar surface area (TPSA) is 70.8 Å². The number of ether oxygens (including phenoxy) is 3. The summed E-state index contributed by atoms with van der Waals surface area (Å²) in [6.45, 7) is 6.68. The van der Waals surface area contributed by atoms with Crippen molar-refractivity contribution >= 4 is 23.4 Å². The summed E-state index contributed by atoms with van der Waals surface area (Å²) in [7, 11) is 0. The lowest BCUT2D eigenvalue weighted by molar-refractivity contribution is -0.385. The van der Waals surface area contributed by atoms with E-state index in [0.29, 0.717) is 17.9 Å². The third-order valence-corrected chi connectivity index (χ3v) is 6.41. The van der Waals surface area contributed by atoms with Crippen LogP contribution in [0.25, 0.3) is 17.7 Å². The fraction of sp³-hybridized carbons (Fsp3) is 0.267. The van der Waals surface area contributed by atoms with Crippen LogP contribution >= 0.6 is 0 Å². The highest BCUT2D eigenvalue weighted by Crippen LogP contribution is 2.43. The zero-order chi connectivity index (χ0) is 25.3. The maximum atomic E-state index is 11.5. The average molecular weight is 484 g/mol. The molecule has 0 amide bonds. The molecule has 184 valence electrons. The van der Waals surface area contributed by atoms with Gasteiger partial charge in [-0.25, -0.2) is 0 Å². The van der Waals surface area contributed by atoms with E-state index < -0.39 is 0 Å². The third kappa shape index (κ3) is 4.71. The van der Waals surface area contributed by atoms with Crippen molar-refractivity contribution in [3.63, 3.8) is 0 Å². The van der Waals surface area contributed by atoms with Crippen molar-refractivity contribution in [1.82, 2.24) is 0 Å². The largest absolute Gasteiger partial charge is 0.488 e. The molecule has 0 aliphatic carbocycles. The summed E-state index contributed by atoms with van der Waals surface area (Å²) in [6, 6.07) is 16.9. The van der Waals surface area contributed by atoms with Crippen molar-refractivity contribution in [2.45, 2.75) is 45.8 Å². The summed E-state index contributed by atoms with van der Waals surface area (Å²) in [5, 5.41) is 11.5. The Kier molecular flexibility index (Phi) is 6.27. The van der Waals surface area contributed by atoms with Crippen LogP contribution in [0.2, 0.25) is 0 Å². The second kappa shape index (κ2) is 9.53. The number of rotatable bonds is 7. The lowest BCUT2D eigenvalue weighted by atomic mass is 9.94. The molecule has 0 aromatic heterocycles. The van der Waals surface area contributed by atoms with E-state index >= 15 is 0 Å². The maximum absolute atomic E-state index is 11.5. The number of fused-ring (bicyclic) bond motifs is 3. The highest BCUT2D eigenvalue weighted by Gasteiger charge is 2.27. The molecular formula is C30H29NO5. The summed E-state index contributed by atoms with van der Waals surface area (Å²) in [6.07, 6.45) is 8.17. The minimum atomic E-state index is -0.373. The van der Waals surface area contributed by atoms with Gasteiger partial charge >= 0.3 is 0 Å². The molecule has 0 bridgehead atoms. The molecule has 0 spiro atoms. The molecule has 0 fully saturated rings. The minimum absolute atomic E-state index is 0.0566. The van der Waals surface area contributed by atoms with Crippen LogP contribution < -0.4 is 14.2 Å². The smallest absolute Gasteiger partial charge is 0.276 e. The molecule has 2 heterocycles. The number of hydrogen-bond acceptors (Lipinski definition) is 5. The lowest BCUT2D eigenvalue weighted by Crippen LogP contribution is -2.27. The van der Waals surface area contributed by atoms with Crippen LogP contribution in [0.1, 0.15) is 55.0 Å². The standard InChI is InChI=1S/C30H29NO5/c1-4-7-20-10-12-24(28(16-20)34-18-22-8-5-6-9-26(22)31(32)33)23-17-21-11-13-27-25(29(21)35-19-23)14-15-30(2,3)36-27/h5-6,8-17H,4,7,18-19H2,1-3H3. The third-order valence-electron chi connectivity index (χ3n) is 6.41. The molecule has 0 saturated carbocycles. The van der Waals surface area contributed by atoms with Gasteiger partial charge in [-0.05, 0) is 68.3 Å². The van der Waals surface area contributed by atoms with E-state index in [1.807, 2.05) is 38.1 Å². The first-order valence-corrected chi connectivity index (χ1v) is 12.2. The first-order chi connectivity index (χ1) is 17.3. The Hall–Kier alpha value is -4.06. The van der Waals surface area contributed by atoms with Crippen LogP contribution in [0.3, 0.4) is 0 Å². The van der Waals surface area contributed by atoms with E-state index in [1.54, 1.807) is 18.2 Å². The van der Waals surface area contributed by atoms with Gasteiger partial charge in [0, 0.05) is 22.8 Å². The van der Waals surface area contributed by atoms with E-state index in [2.05, 4.69) is 31.2 Å². The van der Waals surface area contributed by atoms with E-state index in [9.17, 15) is 10.1 Å². The zero-order valence-corrected chi connectivity index (χ0v) is 20.7. The summed E-state index contributed by atoms with van der Waals surface area (Å²) in [4.78, 5) is 11.1. The van der Waals surface area contributed by atoms with Gasteiger partial charge in [-0.1, -0.05) is 37.6 Å². The van der Waals surface area contributed by atoms with Crippen LogP contribution in [-0.4, -0.2) is 17.1 Å². The van der Waals surface area contributed by atoms with E-state index in [1.165, 1.54) is 6.07 Å². The normalized spacial score (nSPS) is 15.1. The Morgan fingerprint density at radius 2 is 1.94 bits per heavy atom. The van der Waals surface area contributed by atoms with Gasteiger partial charge in [0.15, 0.2) is 0 Å². The second-order valence-corrected chi connectivity index (χ2v) is 9.65. The SMILES string of the molecule is CCCc1ccc(C2=Cc3ccc4c(c3OC2)C=CC(C)(C)O4)c(OCc2ccccc2[N+](=O)[O-])c1. The minimum Gasteiger partial charge on any atom is -0.488 e. The molecule has 6 heteroatoms. The summed E-state index contributed by atoms with van der Waals surface area (Å²) in [5.74, 6) is 2.32. The first kappa shape index (κ1) is 23.7. The van der Waals surface area contributed by atoms with Gasteiger partial charge in [0.05, 0.1) is 16.1 Å². The van der Waals surface area contributed by atoms with E-state index in [-0.39, 0.29) is 22.8 Å². The Bertz CT molecular complexity index is 1390. The fourth-order valence-electron chi connectivity index (χ4n) is 4.62. The number of para-hydroxylation sites is 1. The van der Waals surface area contributed by atoms with Crippen LogP contribution in [0.5, 0.6) is 17.2 Å². The van der Waals surface area contributed by atoms with Crippen LogP contribution in [-0.2, 0) is 13.0 Å². The van der Waals surface area contributed by atoms with Crippen molar-refractivity contribution in [2.75, 3.05) is 6.61 Å². The molecule has 3 aromatic carbocycles. The van der Waals surface area contributed by atoms with Crippen molar-refractivity contribution in [2.24, 2.45) is 0 Å². The Morgan fingerprint density at radius 3 is 2.75 bits per heavy atom. The molecule has 3 aromatic rings. The van der Waals surface area contributed by atoms with Crippen LogP contribution in [0, 0.1) is 10.1 Å². The van der Waals surface area contributed by atoms with Gasteiger partial charge in [0.1, 0.15) is 36.1 Å². The van der Waals surface area contributed by atoms with Gasteiger partial charge in [0.25, 0.3) is 5.69 Å². The maximum Gasteiger partial charge on any atom is 0.276 e. The van der Waals surface area contributed by atoms with Crippen molar-refractivity contribution in [3.8, 4) is 17.2 Å². The molecule has 0 saturated heterocycles. The molecule has 2 aliphatic rings. The number of nitrogens with zero attached hydrogens (tertiary/aromatic N) is 1. The molecule has 0 radical (unpaired) electrons. The summed E-state index contributed by atoms with van der Waals surface area (Å²) < 4.78 is 18.6. The monoisotopic (exact) mass is 483 g/mol. The molecule has 5 rings (SSSR count). The van der Waals surface area contributed by atoms with Crippen LogP contribution in [0.15, 0.2) is 60.7 Å². The molecular weight excluding hydrogens is 454 g/mol. The molecule has 0 atom stereocenters. The summed E-state index contributed by atoms with van der Waals surface area (Å²) in [5.41, 5.74) is 5.25. The Morgan fingerprint density at radius 1 is 1.11 bits per heavy atom. The van der Waals surface area contributed by atoms with E-state index in [0.717, 1.165) is 52.2 Å². The number of aryl methyl sites for hydroxylation is 1. The second-order valence-electron chi connectivity index (χ2n) is 9.65. The highest BCUT2D eigenvalue weighted by molar-refractivity contribution is 5.89. The predicted molar refractivity (Wildman–Crippen MR) is 141 cm³/mol. The van der Waals surface area contributed by atoms with E-state index in [4.69, 9.17) is 14.2 Å². The summed E-state index contributed by atoms with van der Waals surface area (Å²) >= 11 is 0. The molecule has 6 nitrogen and oxygen atoms in total. The van der Waals surface area contributed by atoms with Crippen molar-refractivity contribution < 1.29 is 19.1 Å². The van der Waals surface area contributed by atoms with Crippen molar-refractivity contribution in [3.05, 3.63) is 98.6 Å². The number of nitro benzene ring substituents is 1. The van der Waals surface area contributed by atoms with Gasteiger partial charge in [-0.2, -0.15) is 0 Å². The number of benzene rings is 3. The first-order valence-electron chi connectivity index (χ1n) is 12.2.